The molecule has 0 saturated heterocycles. The van der Waals surface area contributed by atoms with Crippen molar-refractivity contribution in [2.45, 2.75) is 18.6 Å². The van der Waals surface area contributed by atoms with E-state index in [0.29, 0.717) is 6.42 Å². The molecule has 1 unspecified atom stereocenters. The molecule has 0 radical (unpaired) electrons. The van der Waals surface area contributed by atoms with Crippen LogP contribution in [0.25, 0.3) is 5.69 Å². The van der Waals surface area contributed by atoms with Crippen molar-refractivity contribution in [3.63, 3.8) is 0 Å². The zero-order valence-electron chi connectivity index (χ0n) is 15.2. The van der Waals surface area contributed by atoms with Crippen LogP contribution in [0.1, 0.15) is 11.1 Å². The first-order chi connectivity index (χ1) is 13.9. The molecule has 0 aliphatic carbocycles. The van der Waals surface area contributed by atoms with Gasteiger partial charge in [0, 0.05) is 12.4 Å². The summed E-state index contributed by atoms with van der Waals surface area (Å²) in [6.07, 6.45) is -1.16. The molecule has 1 heterocycles. The minimum absolute atomic E-state index is 0.0579. The highest BCUT2D eigenvalue weighted by atomic mass is 19.4. The van der Waals surface area contributed by atoms with Gasteiger partial charge in [0.05, 0.1) is 29.6 Å². The molecule has 9 heteroatoms. The maximum atomic E-state index is 13.1. The highest BCUT2D eigenvalue weighted by Crippen LogP contribution is 2.33. The molecule has 29 heavy (non-hydrogen) atoms. The van der Waals surface area contributed by atoms with Gasteiger partial charge in [0.2, 0.25) is 0 Å². The summed E-state index contributed by atoms with van der Waals surface area (Å²) in [6, 6.07) is 12.5. The molecule has 0 fully saturated rings. The molecule has 1 aromatic heterocycles. The van der Waals surface area contributed by atoms with Crippen molar-refractivity contribution >= 4 is 11.7 Å². The van der Waals surface area contributed by atoms with Crippen molar-refractivity contribution in [3.05, 3.63) is 78.1 Å². The molecule has 3 N–H and O–H groups in total. The number of urea groups is 1. The summed E-state index contributed by atoms with van der Waals surface area (Å²) in [7, 11) is 0. The number of aromatic nitrogens is 2. The van der Waals surface area contributed by atoms with E-state index in [1.807, 2.05) is 30.3 Å². The number of carbonyl (C=O) groups excluding carboxylic acids is 1. The van der Waals surface area contributed by atoms with Gasteiger partial charge in [-0.25, -0.2) is 9.48 Å². The fourth-order valence-electron chi connectivity index (χ4n) is 2.83. The van der Waals surface area contributed by atoms with E-state index in [1.165, 1.54) is 16.9 Å². The topological polar surface area (TPSA) is 79.2 Å². The molecule has 0 aliphatic heterocycles. The van der Waals surface area contributed by atoms with Crippen molar-refractivity contribution in [2.24, 2.45) is 0 Å². The van der Waals surface area contributed by atoms with Gasteiger partial charge in [-0.15, -0.1) is 0 Å². The van der Waals surface area contributed by atoms with Crippen LogP contribution >= 0.6 is 0 Å². The Balaban J connectivity index is 1.79. The second-order valence-electron chi connectivity index (χ2n) is 6.35. The van der Waals surface area contributed by atoms with Gasteiger partial charge in [-0.2, -0.15) is 18.3 Å². The summed E-state index contributed by atoms with van der Waals surface area (Å²) < 4.78 is 40.7. The third-order valence-electron chi connectivity index (χ3n) is 4.20. The van der Waals surface area contributed by atoms with Crippen molar-refractivity contribution in [3.8, 4) is 5.69 Å². The maximum Gasteiger partial charge on any atom is 0.416 e. The largest absolute Gasteiger partial charge is 0.416 e. The predicted octanol–water partition coefficient (Wildman–Crippen LogP) is 3.62. The number of anilines is 1. The van der Waals surface area contributed by atoms with E-state index in [1.54, 1.807) is 12.3 Å². The molecule has 3 aromatic rings. The molecule has 0 aliphatic rings. The zero-order chi connectivity index (χ0) is 20.9. The van der Waals surface area contributed by atoms with Crippen LogP contribution in [0.2, 0.25) is 0 Å². The molecular weight excluding hydrogens is 385 g/mol. The Bertz CT molecular complexity index is 944. The Morgan fingerprint density at radius 2 is 1.90 bits per heavy atom. The minimum atomic E-state index is -4.56. The third kappa shape index (κ3) is 5.35. The fourth-order valence-corrected chi connectivity index (χ4v) is 2.83. The summed E-state index contributed by atoms with van der Waals surface area (Å²) >= 11 is 0. The number of carbonyl (C=O) groups is 1. The quantitative estimate of drug-likeness (QED) is 0.587. The lowest BCUT2D eigenvalue weighted by atomic mass is 10.1. The summed E-state index contributed by atoms with van der Waals surface area (Å²) in [4.78, 5) is 12.4. The van der Waals surface area contributed by atoms with E-state index in [-0.39, 0.29) is 18.0 Å². The number of rotatable bonds is 6. The van der Waals surface area contributed by atoms with E-state index in [2.05, 4.69) is 15.7 Å². The monoisotopic (exact) mass is 404 g/mol. The van der Waals surface area contributed by atoms with Crippen LogP contribution < -0.4 is 10.6 Å². The van der Waals surface area contributed by atoms with Gasteiger partial charge in [-0.05, 0) is 36.2 Å². The molecule has 2 amide bonds. The van der Waals surface area contributed by atoms with E-state index < -0.39 is 23.8 Å². The Morgan fingerprint density at radius 1 is 1.14 bits per heavy atom. The number of nitrogens with one attached hydrogen (secondary N) is 2. The highest BCUT2D eigenvalue weighted by molar-refractivity contribution is 5.92. The molecule has 0 bridgehead atoms. The van der Waals surface area contributed by atoms with Gasteiger partial charge in [0.15, 0.2) is 0 Å². The predicted molar refractivity (Wildman–Crippen MR) is 102 cm³/mol. The normalized spacial score (nSPS) is 12.4. The maximum absolute atomic E-state index is 13.1. The zero-order valence-corrected chi connectivity index (χ0v) is 15.2. The van der Waals surface area contributed by atoms with Crippen LogP contribution in [-0.2, 0) is 12.6 Å². The second-order valence-corrected chi connectivity index (χ2v) is 6.35. The van der Waals surface area contributed by atoms with E-state index in [4.69, 9.17) is 0 Å². The number of benzene rings is 2. The average molecular weight is 404 g/mol. The first-order valence-corrected chi connectivity index (χ1v) is 8.80. The number of amides is 2. The number of hydrogen-bond acceptors (Lipinski definition) is 3. The Kier molecular flexibility index (Phi) is 6.18. The van der Waals surface area contributed by atoms with Crippen molar-refractivity contribution in [1.29, 1.82) is 0 Å². The molecule has 6 nitrogen and oxygen atoms in total. The average Bonchev–Trinajstić information content (AvgIpc) is 3.22. The van der Waals surface area contributed by atoms with E-state index in [9.17, 15) is 23.1 Å². The number of nitrogens with zero attached hydrogens (tertiary/aromatic N) is 2. The Labute approximate surface area is 165 Å². The van der Waals surface area contributed by atoms with Crippen molar-refractivity contribution < 1.29 is 23.1 Å². The van der Waals surface area contributed by atoms with Gasteiger partial charge in [0.25, 0.3) is 0 Å². The summed E-state index contributed by atoms with van der Waals surface area (Å²) in [5.41, 5.74) is 0.231. The SMILES string of the molecule is O=C(Nc1cc(C(F)(F)F)ccc1-n1cccn1)NC(CO)Cc1ccccc1. The van der Waals surface area contributed by atoms with Crippen LogP contribution in [0, 0.1) is 0 Å². The summed E-state index contributed by atoms with van der Waals surface area (Å²) in [6.45, 7) is -0.323. The molecule has 2 aromatic carbocycles. The second kappa shape index (κ2) is 8.78. The van der Waals surface area contributed by atoms with Crippen LogP contribution in [-0.4, -0.2) is 33.6 Å². The number of alkyl halides is 3. The summed E-state index contributed by atoms with van der Waals surface area (Å²) in [5.74, 6) is 0. The van der Waals surface area contributed by atoms with E-state index in [0.717, 1.165) is 17.7 Å². The third-order valence-corrected chi connectivity index (χ3v) is 4.20. The summed E-state index contributed by atoms with van der Waals surface area (Å²) in [5, 5.41) is 18.6. The van der Waals surface area contributed by atoms with Gasteiger partial charge in [0.1, 0.15) is 0 Å². The first kappa shape index (κ1) is 20.4. The Morgan fingerprint density at radius 3 is 2.52 bits per heavy atom. The lowest BCUT2D eigenvalue weighted by Crippen LogP contribution is -2.41. The molecule has 3 rings (SSSR count). The fraction of sp³-hybridized carbons (Fsp3) is 0.200. The van der Waals surface area contributed by atoms with Gasteiger partial charge in [-0.3, -0.25) is 0 Å². The first-order valence-electron chi connectivity index (χ1n) is 8.80. The van der Waals surface area contributed by atoms with Gasteiger partial charge in [-0.1, -0.05) is 30.3 Å². The minimum Gasteiger partial charge on any atom is -0.394 e. The number of aliphatic hydroxyl groups excluding tert-OH is 1. The molecule has 0 saturated carbocycles. The lowest BCUT2D eigenvalue weighted by molar-refractivity contribution is -0.137. The van der Waals surface area contributed by atoms with Crippen LogP contribution in [0.4, 0.5) is 23.7 Å². The standard InChI is InChI=1S/C20H19F3N4O2/c21-20(22,23)15-7-8-18(27-10-4-9-24-27)17(12-15)26-19(29)25-16(13-28)11-14-5-2-1-3-6-14/h1-10,12,16,28H,11,13H2,(H2,25,26,29). The molecular formula is C20H19F3N4O2. The van der Waals surface area contributed by atoms with Crippen molar-refractivity contribution in [1.82, 2.24) is 15.1 Å². The molecule has 1 atom stereocenters. The molecule has 152 valence electrons. The van der Waals surface area contributed by atoms with Crippen LogP contribution in [0.15, 0.2) is 67.0 Å². The Hall–Kier alpha value is -3.33. The van der Waals surface area contributed by atoms with Gasteiger partial charge < -0.3 is 15.7 Å². The number of hydrogen-bond donors (Lipinski definition) is 3. The van der Waals surface area contributed by atoms with E-state index >= 15 is 0 Å². The van der Waals surface area contributed by atoms with Gasteiger partial charge >= 0.3 is 12.2 Å². The van der Waals surface area contributed by atoms with Crippen LogP contribution in [0.3, 0.4) is 0 Å². The van der Waals surface area contributed by atoms with Crippen LogP contribution in [0.5, 0.6) is 0 Å². The number of aliphatic hydroxyl groups is 1. The molecule has 0 spiro atoms. The number of halogens is 3. The smallest absolute Gasteiger partial charge is 0.394 e. The highest BCUT2D eigenvalue weighted by Gasteiger charge is 2.31. The van der Waals surface area contributed by atoms with Crippen molar-refractivity contribution in [2.75, 3.05) is 11.9 Å². The lowest BCUT2D eigenvalue weighted by Gasteiger charge is -2.19.